The first-order valence-electron chi connectivity index (χ1n) is 7.28. The first kappa shape index (κ1) is 18.0. The summed E-state index contributed by atoms with van der Waals surface area (Å²) in [5.74, 6) is 2.15. The van der Waals surface area contributed by atoms with Crippen molar-refractivity contribution in [2.45, 2.75) is 5.37 Å². The molecule has 0 radical (unpaired) electrons. The van der Waals surface area contributed by atoms with Crippen molar-refractivity contribution < 1.29 is 18.8 Å². The zero-order valence-electron chi connectivity index (χ0n) is 13.1. The lowest BCUT2D eigenvalue weighted by atomic mass is 10.3. The molecule has 126 valence electrons. The van der Waals surface area contributed by atoms with Gasteiger partial charge in [0.15, 0.2) is 17.3 Å². The maximum absolute atomic E-state index is 12.1. The van der Waals surface area contributed by atoms with Crippen LogP contribution in [0.25, 0.3) is 0 Å². The molecule has 0 aromatic heterocycles. The summed E-state index contributed by atoms with van der Waals surface area (Å²) in [6.45, 7) is 5.08. The maximum atomic E-state index is 12.1. The van der Waals surface area contributed by atoms with E-state index in [0.717, 1.165) is 5.75 Å². The molecule has 0 aliphatic carbocycles. The third-order valence-corrected chi connectivity index (χ3v) is 5.07. The summed E-state index contributed by atoms with van der Waals surface area (Å²) in [4.78, 5) is 13.9. The summed E-state index contributed by atoms with van der Waals surface area (Å²) in [7, 11) is 0. The van der Waals surface area contributed by atoms with E-state index in [4.69, 9.17) is 9.47 Å². The van der Waals surface area contributed by atoms with Crippen molar-refractivity contribution in [2.24, 2.45) is 0 Å². The monoisotopic (exact) mass is 355 g/mol. The minimum atomic E-state index is -1.12. The largest absolute Gasteiger partial charge is 0.616 e. The van der Waals surface area contributed by atoms with Crippen LogP contribution in [0.4, 0.5) is 0 Å². The molecule has 2 rings (SSSR count). The van der Waals surface area contributed by atoms with E-state index in [-0.39, 0.29) is 17.0 Å². The van der Waals surface area contributed by atoms with Gasteiger partial charge in [0, 0.05) is 12.3 Å². The number of hydrogen-bond acceptors (Lipinski definition) is 5. The quantitative estimate of drug-likeness (QED) is 0.527. The van der Waals surface area contributed by atoms with Crippen LogP contribution in [0.2, 0.25) is 0 Å². The summed E-state index contributed by atoms with van der Waals surface area (Å²) in [5.41, 5.74) is 0. The molecule has 1 aliphatic rings. The van der Waals surface area contributed by atoms with E-state index in [1.807, 2.05) is 24.3 Å². The molecule has 2 unspecified atom stereocenters. The van der Waals surface area contributed by atoms with Gasteiger partial charge in [-0.1, -0.05) is 24.8 Å². The van der Waals surface area contributed by atoms with E-state index in [2.05, 4.69) is 6.58 Å². The Balaban J connectivity index is 1.94. The number of hydrogen-bond donors (Lipinski definition) is 0. The number of para-hydroxylation sites is 2. The van der Waals surface area contributed by atoms with Crippen molar-refractivity contribution in [1.82, 2.24) is 4.90 Å². The molecule has 1 aromatic rings. The van der Waals surface area contributed by atoms with E-state index in [9.17, 15) is 9.35 Å². The number of carbonyl (C=O) groups is 1. The van der Waals surface area contributed by atoms with Gasteiger partial charge in [0.05, 0.1) is 6.26 Å². The fourth-order valence-corrected chi connectivity index (χ4v) is 3.85. The average Bonchev–Trinajstić information content (AvgIpc) is 2.99. The van der Waals surface area contributed by atoms with Crippen molar-refractivity contribution in [2.75, 3.05) is 37.5 Å². The predicted octanol–water partition coefficient (Wildman–Crippen LogP) is 1.91. The molecule has 1 saturated heterocycles. The molecule has 1 heterocycles. The molecular formula is C16H21NO4S2. The van der Waals surface area contributed by atoms with Gasteiger partial charge in [0.2, 0.25) is 0 Å². The average molecular weight is 355 g/mol. The Morgan fingerprint density at radius 3 is 2.83 bits per heavy atom. The van der Waals surface area contributed by atoms with Crippen LogP contribution in [-0.2, 0) is 16.0 Å². The third kappa shape index (κ3) is 5.37. The second kappa shape index (κ2) is 9.10. The fourth-order valence-electron chi connectivity index (χ4n) is 2.20. The lowest BCUT2D eigenvalue weighted by Crippen LogP contribution is -2.41. The highest BCUT2D eigenvalue weighted by atomic mass is 32.2. The Morgan fingerprint density at radius 2 is 2.17 bits per heavy atom. The zero-order valence-corrected chi connectivity index (χ0v) is 14.7. The molecule has 1 fully saturated rings. The van der Waals surface area contributed by atoms with E-state index >= 15 is 0 Å². The molecule has 7 heteroatoms. The molecule has 0 N–H and O–H groups in total. The minimum absolute atomic E-state index is 0.0569. The lowest BCUT2D eigenvalue weighted by molar-refractivity contribution is -0.128. The molecule has 0 spiro atoms. The van der Waals surface area contributed by atoms with Crippen LogP contribution in [0.3, 0.4) is 0 Å². The molecule has 23 heavy (non-hydrogen) atoms. The van der Waals surface area contributed by atoms with Crippen LogP contribution < -0.4 is 9.47 Å². The van der Waals surface area contributed by atoms with Crippen molar-refractivity contribution in [3.05, 3.63) is 36.9 Å². The van der Waals surface area contributed by atoms with Crippen LogP contribution in [0.15, 0.2) is 36.9 Å². The van der Waals surface area contributed by atoms with E-state index in [0.29, 0.717) is 31.3 Å². The summed E-state index contributed by atoms with van der Waals surface area (Å²) < 4.78 is 22.7. The van der Waals surface area contributed by atoms with Crippen molar-refractivity contribution in [1.29, 1.82) is 0 Å². The summed E-state index contributed by atoms with van der Waals surface area (Å²) in [6, 6.07) is 7.43. The Bertz CT molecular complexity index is 539. The zero-order chi connectivity index (χ0) is 16.7. The maximum Gasteiger partial charge on any atom is 0.273 e. The second-order valence-electron chi connectivity index (χ2n) is 4.99. The smallest absolute Gasteiger partial charge is 0.273 e. The number of amides is 1. The van der Waals surface area contributed by atoms with Gasteiger partial charge in [-0.25, -0.2) is 0 Å². The van der Waals surface area contributed by atoms with Crippen molar-refractivity contribution in [3.8, 4) is 11.5 Å². The van der Waals surface area contributed by atoms with Gasteiger partial charge in [-0.3, -0.25) is 4.79 Å². The highest BCUT2D eigenvalue weighted by molar-refractivity contribution is 8.00. The van der Waals surface area contributed by atoms with Crippen LogP contribution in [0, 0.1) is 0 Å². The Hall–Kier alpha value is -1.31. The normalized spacial score (nSPS) is 18.5. The summed E-state index contributed by atoms with van der Waals surface area (Å²) in [5, 5.41) is -0.0569. The summed E-state index contributed by atoms with van der Waals surface area (Å²) >= 11 is 0.548. The minimum Gasteiger partial charge on any atom is -0.616 e. The van der Waals surface area contributed by atoms with Crippen LogP contribution in [0.5, 0.6) is 11.5 Å². The Morgan fingerprint density at radius 1 is 1.48 bits per heavy atom. The third-order valence-electron chi connectivity index (χ3n) is 3.22. The van der Waals surface area contributed by atoms with Gasteiger partial charge < -0.3 is 18.9 Å². The predicted molar refractivity (Wildman–Crippen MR) is 94.5 cm³/mol. The highest BCUT2D eigenvalue weighted by Crippen LogP contribution is 2.29. The van der Waals surface area contributed by atoms with Crippen molar-refractivity contribution in [3.63, 3.8) is 0 Å². The van der Waals surface area contributed by atoms with Crippen LogP contribution >= 0.6 is 11.8 Å². The van der Waals surface area contributed by atoms with Gasteiger partial charge in [-0.05, 0) is 23.3 Å². The van der Waals surface area contributed by atoms with Crippen LogP contribution in [-0.4, -0.2) is 58.3 Å². The fraction of sp³-hybridized carbons (Fsp3) is 0.438. The number of thioether (sulfide) groups is 1. The van der Waals surface area contributed by atoms with Crippen molar-refractivity contribution >= 4 is 28.8 Å². The number of benzene rings is 1. The Labute approximate surface area is 144 Å². The first-order chi connectivity index (χ1) is 11.1. The molecule has 1 aliphatic heterocycles. The molecule has 5 nitrogen and oxygen atoms in total. The van der Waals surface area contributed by atoms with E-state index in [1.165, 1.54) is 0 Å². The first-order valence-corrected chi connectivity index (χ1v) is 10.1. The number of ether oxygens (including phenoxy) is 2. The van der Waals surface area contributed by atoms with Crippen LogP contribution in [0.1, 0.15) is 0 Å². The Kier molecular flexibility index (Phi) is 7.14. The SMILES string of the molecule is C=CCOc1ccccc1OCC1SCCN1C(=O)C[S+](C)[O-]. The number of nitrogens with zero attached hydrogens (tertiary/aromatic N) is 1. The van der Waals surface area contributed by atoms with Gasteiger partial charge in [0.1, 0.15) is 18.6 Å². The van der Waals surface area contributed by atoms with Gasteiger partial charge in [-0.2, -0.15) is 0 Å². The highest BCUT2D eigenvalue weighted by Gasteiger charge is 2.31. The molecule has 0 saturated carbocycles. The van der Waals surface area contributed by atoms with Gasteiger partial charge in [0.25, 0.3) is 5.91 Å². The molecule has 1 amide bonds. The molecule has 2 atom stereocenters. The lowest BCUT2D eigenvalue weighted by Gasteiger charge is -2.24. The van der Waals surface area contributed by atoms with E-state index < -0.39 is 11.2 Å². The molecule has 1 aromatic carbocycles. The summed E-state index contributed by atoms with van der Waals surface area (Å²) in [6.07, 6.45) is 3.22. The standard InChI is InChI=1S/C16H21NO4S2/c1-3-9-20-13-6-4-5-7-14(13)21-11-16-17(8-10-22-16)15(18)12-23(2)19/h3-7,16H,1,8-12H2,2H3. The van der Waals surface area contributed by atoms with Gasteiger partial charge >= 0.3 is 0 Å². The number of carbonyl (C=O) groups excluding carboxylic acids is 1. The molecule has 0 bridgehead atoms. The number of rotatable bonds is 8. The molecular weight excluding hydrogens is 334 g/mol. The second-order valence-corrected chi connectivity index (χ2v) is 7.71. The topological polar surface area (TPSA) is 61.8 Å². The van der Waals surface area contributed by atoms with Gasteiger partial charge in [-0.15, -0.1) is 11.8 Å². The van der Waals surface area contributed by atoms with E-state index in [1.54, 1.807) is 29.0 Å².